The molecule has 0 radical (unpaired) electrons. The molecule has 1 heterocycles. The van der Waals surface area contributed by atoms with Crippen LogP contribution in [0.2, 0.25) is 5.02 Å². The number of carboxylic acids is 1. The van der Waals surface area contributed by atoms with Gasteiger partial charge >= 0.3 is 5.97 Å². The van der Waals surface area contributed by atoms with Crippen molar-refractivity contribution in [1.82, 2.24) is 9.78 Å². The van der Waals surface area contributed by atoms with Crippen LogP contribution in [-0.4, -0.2) is 20.9 Å². The predicted molar refractivity (Wildman–Crippen MR) is 69.9 cm³/mol. The molecule has 0 saturated carbocycles. The smallest absolute Gasteiger partial charge is 0.339 e. The lowest BCUT2D eigenvalue weighted by Crippen LogP contribution is -1.97. The van der Waals surface area contributed by atoms with Gasteiger partial charge in [-0.2, -0.15) is 5.10 Å². The number of halogens is 2. The first-order valence-electron chi connectivity index (χ1n) is 5.79. The fourth-order valence-corrected chi connectivity index (χ4v) is 2.06. The topological polar surface area (TPSA) is 55.1 Å². The predicted octanol–water partition coefficient (Wildman–Crippen LogP) is 3.45. The number of aromatic nitrogens is 2. The Kier molecular flexibility index (Phi) is 3.85. The summed E-state index contributed by atoms with van der Waals surface area (Å²) in [6.07, 6.45) is 2.29. The molecule has 0 aliphatic carbocycles. The van der Waals surface area contributed by atoms with Gasteiger partial charge in [0.15, 0.2) is 0 Å². The Bertz CT molecular complexity index is 625. The highest BCUT2D eigenvalue weighted by atomic mass is 35.5. The van der Waals surface area contributed by atoms with Crippen LogP contribution < -0.4 is 0 Å². The number of nitrogens with zero attached hydrogens (tertiary/aromatic N) is 2. The number of aryl methyl sites for hydroxylation is 1. The quantitative estimate of drug-likeness (QED) is 0.934. The summed E-state index contributed by atoms with van der Waals surface area (Å²) >= 11 is 5.94. The van der Waals surface area contributed by atoms with Crippen molar-refractivity contribution < 1.29 is 14.3 Å². The maximum absolute atomic E-state index is 13.0. The van der Waals surface area contributed by atoms with Gasteiger partial charge in [-0.1, -0.05) is 18.5 Å². The maximum Gasteiger partial charge on any atom is 0.339 e. The summed E-state index contributed by atoms with van der Waals surface area (Å²) in [6.45, 7) is 2.58. The van der Waals surface area contributed by atoms with Gasteiger partial charge in [0, 0.05) is 18.3 Å². The van der Waals surface area contributed by atoms with Gasteiger partial charge in [-0.15, -0.1) is 0 Å². The van der Waals surface area contributed by atoms with Crippen LogP contribution in [0.1, 0.15) is 23.7 Å². The summed E-state index contributed by atoms with van der Waals surface area (Å²) in [6, 6.07) is 3.80. The molecule has 100 valence electrons. The molecule has 0 amide bonds. The van der Waals surface area contributed by atoms with Crippen LogP contribution in [0.25, 0.3) is 11.3 Å². The van der Waals surface area contributed by atoms with Gasteiger partial charge < -0.3 is 5.11 Å². The number of carboxylic acid groups (broad SMARTS) is 1. The molecule has 1 aromatic carbocycles. The third-order valence-electron chi connectivity index (χ3n) is 2.63. The SMILES string of the molecule is CCCn1cc(C(=O)O)c(-c2ccc(F)cc2Cl)n1. The summed E-state index contributed by atoms with van der Waals surface area (Å²) in [7, 11) is 0. The third-order valence-corrected chi connectivity index (χ3v) is 2.94. The van der Waals surface area contributed by atoms with E-state index < -0.39 is 11.8 Å². The number of aromatic carboxylic acids is 1. The lowest BCUT2D eigenvalue weighted by Gasteiger charge is -2.02. The first-order chi connectivity index (χ1) is 9.02. The average molecular weight is 283 g/mol. The summed E-state index contributed by atoms with van der Waals surface area (Å²) in [4.78, 5) is 11.2. The van der Waals surface area contributed by atoms with Crippen molar-refractivity contribution in [3.63, 3.8) is 0 Å². The molecule has 0 unspecified atom stereocenters. The monoisotopic (exact) mass is 282 g/mol. The second-order valence-electron chi connectivity index (χ2n) is 4.08. The lowest BCUT2D eigenvalue weighted by molar-refractivity contribution is 0.0697. The third kappa shape index (κ3) is 2.76. The highest BCUT2D eigenvalue weighted by Crippen LogP contribution is 2.30. The van der Waals surface area contributed by atoms with E-state index in [0.29, 0.717) is 12.1 Å². The molecule has 2 rings (SSSR count). The molecule has 0 saturated heterocycles. The van der Waals surface area contributed by atoms with Crippen molar-refractivity contribution in [3.8, 4) is 11.3 Å². The van der Waals surface area contributed by atoms with Gasteiger partial charge in [0.1, 0.15) is 17.1 Å². The molecule has 1 aromatic heterocycles. The molecule has 0 spiro atoms. The van der Waals surface area contributed by atoms with Gasteiger partial charge in [0.05, 0.1) is 5.02 Å². The van der Waals surface area contributed by atoms with Gasteiger partial charge in [-0.3, -0.25) is 4.68 Å². The summed E-state index contributed by atoms with van der Waals surface area (Å²) < 4.78 is 14.6. The first-order valence-corrected chi connectivity index (χ1v) is 6.17. The second kappa shape index (κ2) is 5.40. The van der Waals surface area contributed by atoms with E-state index in [9.17, 15) is 14.3 Å². The van der Waals surface area contributed by atoms with Crippen molar-refractivity contribution >= 4 is 17.6 Å². The zero-order chi connectivity index (χ0) is 14.0. The van der Waals surface area contributed by atoms with Crippen LogP contribution in [-0.2, 0) is 6.54 Å². The standard InChI is InChI=1S/C13H12ClFN2O2/c1-2-5-17-7-10(13(18)19)12(16-17)9-4-3-8(15)6-11(9)14/h3-4,6-7H,2,5H2,1H3,(H,18,19). The zero-order valence-electron chi connectivity index (χ0n) is 10.2. The molecule has 6 heteroatoms. The van der Waals surface area contributed by atoms with E-state index in [1.807, 2.05) is 6.92 Å². The Morgan fingerprint density at radius 2 is 2.26 bits per heavy atom. The number of rotatable bonds is 4. The number of hydrogen-bond acceptors (Lipinski definition) is 2. The Morgan fingerprint density at radius 3 is 2.84 bits per heavy atom. The number of hydrogen-bond donors (Lipinski definition) is 1. The van der Waals surface area contributed by atoms with E-state index in [0.717, 1.165) is 12.5 Å². The highest BCUT2D eigenvalue weighted by Gasteiger charge is 2.19. The molecule has 2 aromatic rings. The Balaban J connectivity index is 2.56. The van der Waals surface area contributed by atoms with Crippen molar-refractivity contribution in [2.75, 3.05) is 0 Å². The van der Waals surface area contributed by atoms with Crippen LogP contribution in [0.3, 0.4) is 0 Å². The Hall–Kier alpha value is -1.88. The molecule has 19 heavy (non-hydrogen) atoms. The van der Waals surface area contributed by atoms with E-state index in [2.05, 4.69) is 5.10 Å². The Morgan fingerprint density at radius 1 is 1.53 bits per heavy atom. The van der Waals surface area contributed by atoms with Gasteiger partial charge in [-0.25, -0.2) is 9.18 Å². The van der Waals surface area contributed by atoms with Crippen LogP contribution in [0.15, 0.2) is 24.4 Å². The second-order valence-corrected chi connectivity index (χ2v) is 4.49. The molecule has 0 atom stereocenters. The molecule has 4 nitrogen and oxygen atoms in total. The van der Waals surface area contributed by atoms with Crippen LogP contribution in [0.5, 0.6) is 0 Å². The molecule has 1 N–H and O–H groups in total. The average Bonchev–Trinajstić information content (AvgIpc) is 2.73. The molecular weight excluding hydrogens is 271 g/mol. The largest absolute Gasteiger partial charge is 0.478 e. The van der Waals surface area contributed by atoms with E-state index in [1.54, 1.807) is 4.68 Å². The number of benzene rings is 1. The van der Waals surface area contributed by atoms with Crippen LogP contribution >= 0.6 is 11.6 Å². The van der Waals surface area contributed by atoms with E-state index in [1.165, 1.54) is 18.3 Å². The van der Waals surface area contributed by atoms with Crippen molar-refractivity contribution in [2.24, 2.45) is 0 Å². The number of carbonyl (C=O) groups is 1. The maximum atomic E-state index is 13.0. The van der Waals surface area contributed by atoms with Crippen LogP contribution in [0.4, 0.5) is 4.39 Å². The summed E-state index contributed by atoms with van der Waals surface area (Å²) in [5.41, 5.74) is 0.725. The highest BCUT2D eigenvalue weighted by molar-refractivity contribution is 6.33. The van der Waals surface area contributed by atoms with Gasteiger partial charge in [-0.05, 0) is 24.6 Å². The van der Waals surface area contributed by atoms with Crippen LogP contribution in [0, 0.1) is 5.82 Å². The van der Waals surface area contributed by atoms with E-state index >= 15 is 0 Å². The molecule has 0 aliphatic heterocycles. The minimum atomic E-state index is -1.09. The molecule has 0 fully saturated rings. The fraction of sp³-hybridized carbons (Fsp3) is 0.231. The van der Waals surface area contributed by atoms with Crippen molar-refractivity contribution in [2.45, 2.75) is 19.9 Å². The Labute approximate surface area is 114 Å². The molecule has 0 aliphatic rings. The normalized spacial score (nSPS) is 10.7. The van der Waals surface area contributed by atoms with E-state index in [4.69, 9.17) is 11.6 Å². The van der Waals surface area contributed by atoms with Crippen molar-refractivity contribution in [1.29, 1.82) is 0 Å². The summed E-state index contributed by atoms with van der Waals surface area (Å²) in [5.74, 6) is -1.56. The lowest BCUT2D eigenvalue weighted by atomic mass is 10.1. The van der Waals surface area contributed by atoms with Crippen molar-refractivity contribution in [3.05, 3.63) is 40.8 Å². The fourth-order valence-electron chi connectivity index (χ4n) is 1.80. The molecule has 0 bridgehead atoms. The zero-order valence-corrected chi connectivity index (χ0v) is 11.0. The van der Waals surface area contributed by atoms with E-state index in [-0.39, 0.29) is 16.3 Å². The minimum Gasteiger partial charge on any atom is -0.478 e. The first kappa shape index (κ1) is 13.5. The van der Waals surface area contributed by atoms with Gasteiger partial charge in [0.2, 0.25) is 0 Å². The summed E-state index contributed by atoms with van der Waals surface area (Å²) in [5, 5.41) is 13.5. The minimum absolute atomic E-state index is 0.0574. The molecular formula is C13H12ClFN2O2. The van der Waals surface area contributed by atoms with Gasteiger partial charge in [0.25, 0.3) is 0 Å².